The largest absolute Gasteiger partial charge is 0.489 e. The summed E-state index contributed by atoms with van der Waals surface area (Å²) in [5.41, 5.74) is 5.23. The van der Waals surface area contributed by atoms with Crippen molar-refractivity contribution in [1.29, 1.82) is 0 Å². The average molecular weight is 482 g/mol. The van der Waals surface area contributed by atoms with E-state index in [2.05, 4.69) is 5.32 Å². The van der Waals surface area contributed by atoms with Crippen molar-refractivity contribution >= 4 is 23.1 Å². The summed E-state index contributed by atoms with van der Waals surface area (Å²) in [4.78, 5) is 36.6. The maximum absolute atomic E-state index is 13.4. The van der Waals surface area contributed by atoms with Crippen LogP contribution in [0, 0.1) is 10.1 Å². The zero-order chi connectivity index (χ0) is 25.4. The van der Waals surface area contributed by atoms with Gasteiger partial charge in [0.25, 0.3) is 5.69 Å². The minimum absolute atomic E-state index is 0.0205. The number of benzene rings is 3. The topological polar surface area (TPSA) is 108 Å². The number of fused-ring (bicyclic) bond motifs is 2. The normalized spacial score (nSPS) is 16.3. The molecule has 8 nitrogen and oxygen atoms in total. The molecular weight excluding hydrogens is 460 g/mol. The molecule has 180 valence electrons. The first-order valence-corrected chi connectivity index (χ1v) is 11.3. The third-order valence-electron chi connectivity index (χ3n) is 6.42. The fourth-order valence-corrected chi connectivity index (χ4v) is 4.68. The first-order valence-electron chi connectivity index (χ1n) is 11.3. The van der Waals surface area contributed by atoms with Gasteiger partial charge in [-0.15, -0.1) is 0 Å². The molecule has 0 amide bonds. The number of dihydropyridines is 1. The summed E-state index contributed by atoms with van der Waals surface area (Å²) in [5, 5.41) is 14.1. The minimum atomic E-state index is -0.600. The van der Waals surface area contributed by atoms with Crippen LogP contribution >= 0.6 is 0 Å². The summed E-state index contributed by atoms with van der Waals surface area (Å²) in [5.74, 6) is -0.636. The fourth-order valence-electron chi connectivity index (χ4n) is 4.68. The third-order valence-corrected chi connectivity index (χ3v) is 6.42. The molecule has 3 aromatic carbocycles. The molecule has 0 spiro atoms. The number of carbonyl (C=O) groups excluding carboxylic acids is 2. The summed E-state index contributed by atoms with van der Waals surface area (Å²) < 4.78 is 10.9. The Morgan fingerprint density at radius 1 is 1.00 bits per heavy atom. The van der Waals surface area contributed by atoms with Crippen LogP contribution < -0.4 is 10.1 Å². The number of carbonyl (C=O) groups is 2. The van der Waals surface area contributed by atoms with E-state index in [1.807, 2.05) is 30.3 Å². The van der Waals surface area contributed by atoms with Gasteiger partial charge in [-0.25, -0.2) is 4.79 Å². The lowest BCUT2D eigenvalue weighted by molar-refractivity contribution is -0.384. The minimum Gasteiger partial charge on any atom is -0.489 e. The lowest BCUT2D eigenvalue weighted by Gasteiger charge is -2.29. The molecule has 0 radical (unpaired) electrons. The van der Waals surface area contributed by atoms with Gasteiger partial charge in [-0.3, -0.25) is 14.9 Å². The second kappa shape index (κ2) is 9.14. The molecule has 1 heterocycles. The highest BCUT2D eigenvalue weighted by molar-refractivity contribution is 6.23. The number of nitro groups is 1. The van der Waals surface area contributed by atoms with Crippen molar-refractivity contribution in [2.75, 3.05) is 7.11 Å². The first kappa shape index (κ1) is 23.0. The molecule has 0 aromatic heterocycles. The number of rotatable bonds is 6. The second-order valence-corrected chi connectivity index (χ2v) is 8.53. The predicted octanol–water partition coefficient (Wildman–Crippen LogP) is 4.92. The molecule has 0 unspecified atom stereocenters. The van der Waals surface area contributed by atoms with E-state index in [-0.39, 0.29) is 18.1 Å². The van der Waals surface area contributed by atoms with Gasteiger partial charge in [0, 0.05) is 40.4 Å². The molecule has 5 rings (SSSR count). The van der Waals surface area contributed by atoms with Crippen LogP contribution in [0.4, 0.5) is 5.69 Å². The molecule has 8 heteroatoms. The molecular formula is C28H22N2O6. The standard InChI is InChI=1S/C28H22N2O6/c1-16-23(28(32)35-2)24(25-26(29-16)21-5-3-4-6-22(21)27(25)31)18-9-13-20(14-10-18)36-15-17-7-11-19(12-8-17)30(33)34/h3-14,24,29H,15H2,1-2H3/t24-/m0/s1. The number of ketones is 1. The summed E-state index contributed by atoms with van der Waals surface area (Å²) in [6.45, 7) is 2.04. The van der Waals surface area contributed by atoms with Crippen LogP contribution in [0.2, 0.25) is 0 Å². The molecule has 2 aliphatic rings. The molecule has 0 saturated heterocycles. The number of methoxy groups -OCH3 is 1. The van der Waals surface area contributed by atoms with Crippen LogP contribution in [0.5, 0.6) is 5.75 Å². The van der Waals surface area contributed by atoms with Crippen molar-refractivity contribution in [3.8, 4) is 5.75 Å². The Morgan fingerprint density at radius 2 is 1.67 bits per heavy atom. The van der Waals surface area contributed by atoms with Gasteiger partial charge in [0.05, 0.1) is 23.3 Å². The zero-order valence-corrected chi connectivity index (χ0v) is 19.6. The third kappa shape index (κ3) is 3.92. The molecule has 0 bridgehead atoms. The van der Waals surface area contributed by atoms with Crippen molar-refractivity contribution in [3.05, 3.63) is 122 Å². The number of hydrogen-bond acceptors (Lipinski definition) is 7. The number of nitro benzene ring substituents is 1. The number of non-ortho nitro benzene ring substituents is 1. The molecule has 36 heavy (non-hydrogen) atoms. The molecule has 1 atom stereocenters. The van der Waals surface area contributed by atoms with E-state index in [1.54, 1.807) is 37.3 Å². The highest BCUT2D eigenvalue weighted by atomic mass is 16.6. The second-order valence-electron chi connectivity index (χ2n) is 8.53. The van der Waals surface area contributed by atoms with Crippen LogP contribution in [0.25, 0.3) is 5.70 Å². The monoisotopic (exact) mass is 482 g/mol. The van der Waals surface area contributed by atoms with E-state index in [9.17, 15) is 19.7 Å². The highest BCUT2D eigenvalue weighted by Gasteiger charge is 2.42. The SMILES string of the molecule is COC(=O)C1=C(C)NC2=C(C(=O)c3ccccc32)[C@H]1c1ccc(OCc2ccc([N+](=O)[O-])cc2)cc1. The van der Waals surface area contributed by atoms with Gasteiger partial charge in [0.2, 0.25) is 0 Å². The van der Waals surface area contributed by atoms with Crippen molar-refractivity contribution < 1.29 is 24.0 Å². The van der Waals surface area contributed by atoms with Crippen LogP contribution in [0.3, 0.4) is 0 Å². The Morgan fingerprint density at radius 3 is 2.31 bits per heavy atom. The van der Waals surface area contributed by atoms with Crippen LogP contribution in [0.15, 0.2) is 89.6 Å². The highest BCUT2D eigenvalue weighted by Crippen LogP contribution is 2.46. The number of nitrogens with one attached hydrogen (secondary N) is 1. The zero-order valence-electron chi connectivity index (χ0n) is 19.6. The molecule has 1 aliphatic heterocycles. The van der Waals surface area contributed by atoms with Crippen LogP contribution in [-0.4, -0.2) is 23.8 Å². The Hall–Kier alpha value is -4.72. The van der Waals surface area contributed by atoms with Crippen LogP contribution in [-0.2, 0) is 16.1 Å². The van der Waals surface area contributed by atoms with E-state index in [0.29, 0.717) is 33.9 Å². The summed E-state index contributed by atoms with van der Waals surface area (Å²) >= 11 is 0. The number of esters is 1. The van der Waals surface area contributed by atoms with E-state index < -0.39 is 16.8 Å². The van der Waals surface area contributed by atoms with Gasteiger partial charge in [0.15, 0.2) is 5.78 Å². The number of nitrogens with zero attached hydrogens (tertiary/aromatic N) is 1. The van der Waals surface area contributed by atoms with Gasteiger partial charge < -0.3 is 14.8 Å². The summed E-state index contributed by atoms with van der Waals surface area (Å²) in [6.07, 6.45) is 0. The van der Waals surface area contributed by atoms with Gasteiger partial charge in [-0.2, -0.15) is 0 Å². The van der Waals surface area contributed by atoms with Crippen LogP contribution in [0.1, 0.15) is 39.9 Å². The van der Waals surface area contributed by atoms with Crippen molar-refractivity contribution in [1.82, 2.24) is 5.32 Å². The van der Waals surface area contributed by atoms with Crippen molar-refractivity contribution in [2.24, 2.45) is 0 Å². The average Bonchev–Trinajstić information content (AvgIpc) is 3.18. The maximum atomic E-state index is 13.4. The molecule has 1 aliphatic carbocycles. The predicted molar refractivity (Wildman–Crippen MR) is 132 cm³/mol. The Labute approximate surface area is 207 Å². The lowest BCUT2D eigenvalue weighted by atomic mass is 9.80. The fraction of sp³-hybridized carbons (Fsp3) is 0.143. The summed E-state index contributed by atoms with van der Waals surface area (Å²) in [7, 11) is 1.32. The van der Waals surface area contributed by atoms with Gasteiger partial charge in [0.1, 0.15) is 12.4 Å². The van der Waals surface area contributed by atoms with E-state index >= 15 is 0 Å². The number of Topliss-reactive ketones (excluding diaryl/α,β-unsaturated/α-hetero) is 1. The number of allylic oxidation sites excluding steroid dienone is 2. The number of ether oxygens (including phenoxy) is 2. The molecule has 0 fully saturated rings. The van der Waals surface area contributed by atoms with Gasteiger partial charge >= 0.3 is 5.97 Å². The van der Waals surface area contributed by atoms with Gasteiger partial charge in [-0.1, -0.05) is 36.4 Å². The van der Waals surface area contributed by atoms with E-state index in [1.165, 1.54) is 19.2 Å². The quantitative estimate of drug-likeness (QED) is 0.302. The van der Waals surface area contributed by atoms with Crippen molar-refractivity contribution in [3.63, 3.8) is 0 Å². The number of hydrogen-bond donors (Lipinski definition) is 1. The Bertz CT molecular complexity index is 1450. The lowest BCUT2D eigenvalue weighted by Crippen LogP contribution is -2.29. The molecule has 3 aromatic rings. The molecule has 1 N–H and O–H groups in total. The molecule has 0 saturated carbocycles. The Kier molecular flexibility index (Phi) is 5.85. The van der Waals surface area contributed by atoms with Crippen molar-refractivity contribution in [2.45, 2.75) is 19.4 Å². The van der Waals surface area contributed by atoms with Gasteiger partial charge in [-0.05, 0) is 42.3 Å². The van der Waals surface area contributed by atoms with E-state index in [0.717, 1.165) is 16.7 Å². The summed E-state index contributed by atoms with van der Waals surface area (Å²) in [6, 6.07) is 20.8. The van der Waals surface area contributed by atoms with E-state index in [4.69, 9.17) is 9.47 Å². The maximum Gasteiger partial charge on any atom is 0.336 e. The first-order chi connectivity index (χ1) is 17.4. The smallest absolute Gasteiger partial charge is 0.336 e. The Balaban J connectivity index is 1.45.